The van der Waals surface area contributed by atoms with Crippen molar-refractivity contribution in [2.24, 2.45) is 0 Å². The molecule has 0 aliphatic rings. The van der Waals surface area contributed by atoms with Gasteiger partial charge in [0.05, 0.1) is 16.2 Å². The van der Waals surface area contributed by atoms with Crippen molar-refractivity contribution >= 4 is 40.2 Å². The molecule has 0 aliphatic carbocycles. The second-order valence-electron chi connectivity index (χ2n) is 6.81. The van der Waals surface area contributed by atoms with Gasteiger partial charge in [-0.3, -0.25) is 0 Å². The first-order valence-electron chi connectivity index (χ1n) is 9.37. The number of para-hydroxylation sites is 1. The normalized spacial score (nSPS) is 11.7. The summed E-state index contributed by atoms with van der Waals surface area (Å²) < 4.78 is 20.3. The molecule has 2 aromatic carbocycles. The van der Waals surface area contributed by atoms with E-state index in [4.69, 9.17) is 16.3 Å². The number of benzene rings is 2. The fourth-order valence-electron chi connectivity index (χ4n) is 3.14. The first-order valence-corrected chi connectivity index (χ1v) is 9.75. The molecule has 0 amide bonds. The molecule has 2 heterocycles. The third kappa shape index (κ3) is 4.29. The number of aromatic nitrogens is 5. The molecule has 0 aliphatic heterocycles. The summed E-state index contributed by atoms with van der Waals surface area (Å²) in [5.74, 6) is -0.766. The number of carbonyl (C=O) groups is 1. The van der Waals surface area contributed by atoms with Gasteiger partial charge in [0.2, 0.25) is 0 Å². The van der Waals surface area contributed by atoms with Crippen LogP contribution < -0.4 is 0 Å². The van der Waals surface area contributed by atoms with Crippen molar-refractivity contribution < 1.29 is 13.9 Å². The molecule has 4 rings (SSSR count). The molecule has 0 atom stereocenters. The zero-order valence-electron chi connectivity index (χ0n) is 16.7. The third-order valence-electron chi connectivity index (χ3n) is 4.70. The number of nitrogens with zero attached hydrogens (tertiary/aromatic N) is 5. The third-order valence-corrected chi connectivity index (χ3v) is 5.20. The van der Waals surface area contributed by atoms with Crippen molar-refractivity contribution in [3.63, 3.8) is 0 Å². The number of fused-ring (bicyclic) bond motifs is 1. The molecule has 31 heavy (non-hydrogen) atoms. The molecule has 0 saturated heterocycles. The van der Waals surface area contributed by atoms with Gasteiger partial charge in [-0.25, -0.2) is 14.2 Å². The van der Waals surface area contributed by atoms with Gasteiger partial charge in [0.15, 0.2) is 11.5 Å². The molecule has 9 heteroatoms. The van der Waals surface area contributed by atoms with Crippen LogP contribution in [0.5, 0.6) is 0 Å². The lowest BCUT2D eigenvalue weighted by atomic mass is 10.1. The Balaban J connectivity index is 1.65. The van der Waals surface area contributed by atoms with Crippen molar-refractivity contribution in [2.45, 2.75) is 20.5 Å². The SMILES string of the molecule is Cc1c(Cl)c(COC(=O)/C(=C/c2cccc(F)c2)n2nnnc2C)nc2ccccc12. The van der Waals surface area contributed by atoms with Crippen LogP contribution in [0.15, 0.2) is 48.5 Å². The number of carbonyl (C=O) groups excluding carboxylic acids is 1. The number of ether oxygens (including phenoxy) is 1. The van der Waals surface area contributed by atoms with Crippen LogP contribution in [0.4, 0.5) is 4.39 Å². The molecule has 156 valence electrons. The van der Waals surface area contributed by atoms with Crippen molar-refractivity contribution in [1.82, 2.24) is 25.2 Å². The molecule has 0 fully saturated rings. The average molecular weight is 438 g/mol. The van der Waals surface area contributed by atoms with E-state index in [9.17, 15) is 9.18 Å². The van der Waals surface area contributed by atoms with Gasteiger partial charge in [0.1, 0.15) is 12.4 Å². The van der Waals surface area contributed by atoms with Crippen LogP contribution in [0.25, 0.3) is 22.7 Å². The van der Waals surface area contributed by atoms with E-state index in [2.05, 4.69) is 20.5 Å². The Morgan fingerprint density at radius 2 is 2.00 bits per heavy atom. The zero-order valence-corrected chi connectivity index (χ0v) is 17.5. The summed E-state index contributed by atoms with van der Waals surface area (Å²) in [5, 5.41) is 12.6. The van der Waals surface area contributed by atoms with E-state index in [1.807, 2.05) is 31.2 Å². The molecule has 0 spiro atoms. The summed E-state index contributed by atoms with van der Waals surface area (Å²) in [4.78, 5) is 17.5. The minimum atomic E-state index is -0.705. The van der Waals surface area contributed by atoms with Gasteiger partial charge in [0, 0.05) is 5.39 Å². The number of rotatable bonds is 5. The Bertz CT molecular complexity index is 1320. The highest BCUT2D eigenvalue weighted by Gasteiger charge is 2.19. The van der Waals surface area contributed by atoms with Crippen molar-refractivity contribution in [3.8, 4) is 0 Å². The second-order valence-corrected chi connectivity index (χ2v) is 7.19. The quantitative estimate of drug-likeness (QED) is 0.340. The molecule has 0 bridgehead atoms. The second kappa shape index (κ2) is 8.61. The van der Waals surface area contributed by atoms with E-state index in [0.29, 0.717) is 22.1 Å². The van der Waals surface area contributed by atoms with Gasteiger partial charge >= 0.3 is 5.97 Å². The van der Waals surface area contributed by atoms with Gasteiger partial charge in [0.25, 0.3) is 0 Å². The van der Waals surface area contributed by atoms with Gasteiger partial charge in [-0.1, -0.05) is 41.9 Å². The highest BCUT2D eigenvalue weighted by atomic mass is 35.5. The van der Waals surface area contributed by atoms with Crippen LogP contribution in [0.2, 0.25) is 5.02 Å². The van der Waals surface area contributed by atoms with Crippen LogP contribution in [-0.2, 0) is 16.1 Å². The van der Waals surface area contributed by atoms with Crippen LogP contribution in [0.1, 0.15) is 22.6 Å². The van der Waals surface area contributed by atoms with Crippen LogP contribution in [0.3, 0.4) is 0 Å². The van der Waals surface area contributed by atoms with Gasteiger partial charge < -0.3 is 4.74 Å². The zero-order chi connectivity index (χ0) is 22.0. The average Bonchev–Trinajstić information content (AvgIpc) is 3.19. The maximum absolute atomic E-state index is 13.6. The largest absolute Gasteiger partial charge is 0.454 e. The molecule has 4 aromatic rings. The fraction of sp³-hybridized carbons (Fsp3) is 0.136. The van der Waals surface area contributed by atoms with Gasteiger partial charge in [-0.05, 0) is 59.7 Å². The molecule has 7 nitrogen and oxygen atoms in total. The van der Waals surface area contributed by atoms with Crippen molar-refractivity contribution in [3.05, 3.63) is 82.0 Å². The summed E-state index contributed by atoms with van der Waals surface area (Å²) in [7, 11) is 0. The monoisotopic (exact) mass is 437 g/mol. The molecular weight excluding hydrogens is 421 g/mol. The standard InChI is InChI=1S/C22H17ClFN5O2/c1-13-17-8-3-4-9-18(17)25-19(21(13)23)12-31-22(30)20(29-14(2)26-27-28-29)11-15-6-5-7-16(24)10-15/h3-11H,12H2,1-2H3/b20-11-. The topological polar surface area (TPSA) is 82.8 Å². The number of halogens is 2. The lowest BCUT2D eigenvalue weighted by Gasteiger charge is -2.12. The smallest absolute Gasteiger partial charge is 0.357 e. The summed E-state index contributed by atoms with van der Waals surface area (Å²) in [6.45, 7) is 3.38. The predicted octanol–water partition coefficient (Wildman–Crippen LogP) is 4.37. The number of hydrogen-bond acceptors (Lipinski definition) is 6. The Kier molecular flexibility index (Phi) is 5.73. The van der Waals surface area contributed by atoms with E-state index in [-0.39, 0.29) is 12.3 Å². The lowest BCUT2D eigenvalue weighted by Crippen LogP contribution is -2.15. The minimum Gasteiger partial charge on any atom is -0.454 e. The summed E-state index contributed by atoms with van der Waals surface area (Å²) >= 11 is 6.46. The van der Waals surface area contributed by atoms with E-state index in [1.54, 1.807) is 13.0 Å². The fourth-order valence-corrected chi connectivity index (χ4v) is 3.33. The summed E-state index contributed by atoms with van der Waals surface area (Å²) in [5.41, 5.74) is 2.53. The maximum Gasteiger partial charge on any atom is 0.357 e. The highest BCUT2D eigenvalue weighted by molar-refractivity contribution is 6.32. The predicted molar refractivity (Wildman–Crippen MR) is 114 cm³/mol. The lowest BCUT2D eigenvalue weighted by molar-refractivity contribution is -0.138. The first-order chi connectivity index (χ1) is 14.9. The Morgan fingerprint density at radius 1 is 1.19 bits per heavy atom. The van der Waals surface area contributed by atoms with Gasteiger partial charge in [-0.15, -0.1) is 5.10 Å². The van der Waals surface area contributed by atoms with E-state index >= 15 is 0 Å². The molecule has 0 radical (unpaired) electrons. The molecule has 0 N–H and O–H groups in total. The van der Waals surface area contributed by atoms with Crippen LogP contribution in [-0.4, -0.2) is 31.2 Å². The van der Waals surface area contributed by atoms with E-state index < -0.39 is 11.8 Å². The summed E-state index contributed by atoms with van der Waals surface area (Å²) in [6.07, 6.45) is 1.45. The number of aryl methyl sites for hydroxylation is 2. The molecule has 0 saturated carbocycles. The Hall–Kier alpha value is -3.65. The minimum absolute atomic E-state index is 0.0294. The number of tetrazole rings is 1. The number of esters is 1. The van der Waals surface area contributed by atoms with Crippen molar-refractivity contribution in [2.75, 3.05) is 0 Å². The summed E-state index contributed by atoms with van der Waals surface area (Å²) in [6, 6.07) is 13.4. The Labute approximate surface area is 182 Å². The van der Waals surface area contributed by atoms with E-state index in [0.717, 1.165) is 16.5 Å². The molecule has 0 unspecified atom stereocenters. The maximum atomic E-state index is 13.6. The highest BCUT2D eigenvalue weighted by Crippen LogP contribution is 2.27. The number of hydrogen-bond donors (Lipinski definition) is 0. The number of pyridine rings is 1. The van der Waals surface area contributed by atoms with Crippen LogP contribution in [0, 0.1) is 19.7 Å². The Morgan fingerprint density at radius 3 is 2.74 bits per heavy atom. The first kappa shape index (κ1) is 20.6. The molecule has 2 aromatic heterocycles. The molecular formula is C22H17ClFN5O2. The van der Waals surface area contributed by atoms with Crippen molar-refractivity contribution in [1.29, 1.82) is 0 Å². The van der Waals surface area contributed by atoms with E-state index in [1.165, 1.54) is 29.0 Å². The van der Waals surface area contributed by atoms with Crippen LogP contribution >= 0.6 is 11.6 Å². The van der Waals surface area contributed by atoms with Gasteiger partial charge in [-0.2, -0.15) is 4.68 Å².